The molecule has 0 unspecified atom stereocenters. The number of nitrogens with zero attached hydrogens (tertiary/aromatic N) is 2. The zero-order valence-electron chi connectivity index (χ0n) is 21.8. The second-order valence-electron chi connectivity index (χ2n) is 10.8. The van der Waals surface area contributed by atoms with Crippen molar-refractivity contribution in [1.82, 2.24) is 8.97 Å². The summed E-state index contributed by atoms with van der Waals surface area (Å²) >= 11 is 0. The predicted molar refractivity (Wildman–Crippen MR) is 168 cm³/mol. The van der Waals surface area contributed by atoms with Crippen LogP contribution in [0, 0.1) is 0 Å². The number of pyridine rings is 1. The Kier molecular flexibility index (Phi) is 4.31. The molecule has 0 saturated carbocycles. The first-order chi connectivity index (χ1) is 19.8. The van der Waals surface area contributed by atoms with E-state index < -0.39 is 0 Å². The maximum atomic E-state index is 14.2. The lowest BCUT2D eigenvalue weighted by Crippen LogP contribution is -2.13. The lowest BCUT2D eigenvalue weighted by atomic mass is 9.94. The van der Waals surface area contributed by atoms with Gasteiger partial charge in [-0.05, 0) is 77.9 Å². The monoisotopic (exact) mass is 512 g/mol. The smallest absolute Gasteiger partial charge is 0.263 e. The molecule has 3 nitrogen and oxygen atoms in total. The van der Waals surface area contributed by atoms with Crippen molar-refractivity contribution >= 4 is 65.3 Å². The Morgan fingerprint density at radius 2 is 1.25 bits per heavy atom. The van der Waals surface area contributed by atoms with Gasteiger partial charge in [0.25, 0.3) is 5.56 Å². The lowest BCUT2D eigenvalue weighted by molar-refractivity contribution is 1.04. The molecule has 188 valence electrons. The molecule has 0 amide bonds. The summed E-state index contributed by atoms with van der Waals surface area (Å²) in [7, 11) is 0. The van der Waals surface area contributed by atoms with Gasteiger partial charge in [-0.25, -0.2) is 0 Å². The summed E-state index contributed by atoms with van der Waals surface area (Å²) in [4.78, 5) is 14.2. The number of allylic oxidation sites excluding steroid dienone is 4. The molecule has 8 aromatic rings. The number of fused-ring (bicyclic) bond motifs is 8. The van der Waals surface area contributed by atoms with Gasteiger partial charge in [0.15, 0.2) is 0 Å². The van der Waals surface area contributed by atoms with Gasteiger partial charge in [-0.2, -0.15) is 0 Å². The van der Waals surface area contributed by atoms with Crippen LogP contribution in [0.25, 0.3) is 71.0 Å². The van der Waals surface area contributed by atoms with E-state index in [-0.39, 0.29) is 5.56 Å². The van der Waals surface area contributed by atoms with Crippen LogP contribution in [0.15, 0.2) is 126 Å². The van der Waals surface area contributed by atoms with Gasteiger partial charge in [-0.15, -0.1) is 0 Å². The van der Waals surface area contributed by atoms with Gasteiger partial charge in [0.05, 0.1) is 22.1 Å². The zero-order chi connectivity index (χ0) is 26.4. The van der Waals surface area contributed by atoms with Crippen LogP contribution in [0.5, 0.6) is 0 Å². The van der Waals surface area contributed by atoms with Crippen molar-refractivity contribution in [2.24, 2.45) is 0 Å². The molecular weight excluding hydrogens is 488 g/mol. The van der Waals surface area contributed by atoms with Gasteiger partial charge >= 0.3 is 0 Å². The summed E-state index contributed by atoms with van der Waals surface area (Å²) in [6, 6.07) is 36.2. The lowest BCUT2D eigenvalue weighted by Gasteiger charge is -2.11. The van der Waals surface area contributed by atoms with Crippen molar-refractivity contribution in [2.75, 3.05) is 0 Å². The molecule has 40 heavy (non-hydrogen) atoms. The van der Waals surface area contributed by atoms with E-state index in [1.54, 1.807) is 0 Å². The van der Waals surface area contributed by atoms with Crippen molar-refractivity contribution in [3.05, 3.63) is 137 Å². The molecule has 0 aliphatic heterocycles. The van der Waals surface area contributed by atoms with E-state index in [0.29, 0.717) is 0 Å². The Bertz CT molecular complexity index is 2440. The highest BCUT2D eigenvalue weighted by Gasteiger charge is 2.21. The molecule has 3 heteroatoms. The van der Waals surface area contributed by atoms with E-state index in [0.717, 1.165) is 67.5 Å². The summed E-state index contributed by atoms with van der Waals surface area (Å²) in [6.07, 6.45) is 8.96. The standard InChI is InChI=1S/C37H24N2O/c40-37-28-17-8-7-15-26(28)31-19-24(23-11-3-1-4-12-23)20-32-30-21-29-27-16-9-10-18-33(27)38(25-13-5-2-6-14-25)34(29)22-35(30)39(37)36(31)32/h2-3,5-22H,1,4H2. The van der Waals surface area contributed by atoms with Crippen LogP contribution >= 0.6 is 0 Å². The van der Waals surface area contributed by atoms with Crippen LogP contribution < -0.4 is 5.56 Å². The van der Waals surface area contributed by atoms with Crippen molar-refractivity contribution in [1.29, 1.82) is 0 Å². The number of hydrogen-bond donors (Lipinski definition) is 0. The Morgan fingerprint density at radius 1 is 0.550 bits per heavy atom. The van der Waals surface area contributed by atoms with E-state index in [1.807, 2.05) is 28.7 Å². The van der Waals surface area contributed by atoms with Crippen LogP contribution in [0.3, 0.4) is 0 Å². The Balaban J connectivity index is 1.53. The molecular formula is C37H24N2O. The maximum absolute atomic E-state index is 14.2. The second-order valence-corrected chi connectivity index (χ2v) is 10.8. The topological polar surface area (TPSA) is 26.4 Å². The fourth-order valence-electron chi connectivity index (χ4n) is 6.90. The number of aromatic nitrogens is 2. The van der Waals surface area contributed by atoms with Gasteiger partial charge in [-0.1, -0.05) is 72.8 Å². The molecule has 0 radical (unpaired) electrons. The minimum absolute atomic E-state index is 0.0364. The summed E-state index contributed by atoms with van der Waals surface area (Å²) in [6.45, 7) is 0. The summed E-state index contributed by atoms with van der Waals surface area (Å²) in [5.41, 5.74) is 7.82. The first-order valence-electron chi connectivity index (χ1n) is 13.9. The molecule has 1 aliphatic carbocycles. The summed E-state index contributed by atoms with van der Waals surface area (Å²) in [5, 5.41) is 7.54. The number of hydrogen-bond acceptors (Lipinski definition) is 1. The molecule has 5 aromatic carbocycles. The number of benzene rings is 5. The highest BCUT2D eigenvalue weighted by molar-refractivity contribution is 6.24. The van der Waals surface area contributed by atoms with Crippen molar-refractivity contribution < 1.29 is 0 Å². The average Bonchev–Trinajstić information content (AvgIpc) is 3.52. The molecule has 0 saturated heterocycles. The molecule has 3 aromatic heterocycles. The molecule has 9 rings (SSSR count). The third-order valence-electron chi connectivity index (χ3n) is 8.65. The fraction of sp³-hybridized carbons (Fsp3) is 0.0541. The van der Waals surface area contributed by atoms with E-state index in [2.05, 4.69) is 102 Å². The quantitative estimate of drug-likeness (QED) is 0.212. The summed E-state index contributed by atoms with van der Waals surface area (Å²) in [5.74, 6) is 0. The van der Waals surface area contributed by atoms with Gasteiger partial charge < -0.3 is 4.57 Å². The van der Waals surface area contributed by atoms with Crippen LogP contribution in [-0.2, 0) is 0 Å². The Morgan fingerprint density at radius 3 is 2.05 bits per heavy atom. The van der Waals surface area contributed by atoms with Crippen LogP contribution in [0.1, 0.15) is 18.4 Å². The molecule has 0 atom stereocenters. The first kappa shape index (κ1) is 21.7. The predicted octanol–water partition coefficient (Wildman–Crippen LogP) is 9.03. The third-order valence-corrected chi connectivity index (χ3v) is 8.65. The van der Waals surface area contributed by atoms with E-state index in [1.165, 1.54) is 21.9 Å². The SMILES string of the molecule is O=c1c2ccccc2c2cc(C3=CCCC=C3)cc3c4cc5c6ccccc6n(-c6ccccc6)c5cc4n1c23. The maximum Gasteiger partial charge on any atom is 0.263 e. The minimum atomic E-state index is 0.0364. The first-order valence-corrected chi connectivity index (χ1v) is 13.9. The van der Waals surface area contributed by atoms with Crippen LogP contribution in [-0.4, -0.2) is 8.97 Å². The van der Waals surface area contributed by atoms with Gasteiger partial charge in [0.2, 0.25) is 0 Å². The van der Waals surface area contributed by atoms with Gasteiger partial charge in [0.1, 0.15) is 0 Å². The Hall–Kier alpha value is -5.15. The highest BCUT2D eigenvalue weighted by Crippen LogP contribution is 2.41. The zero-order valence-corrected chi connectivity index (χ0v) is 21.8. The average molecular weight is 513 g/mol. The van der Waals surface area contributed by atoms with Crippen molar-refractivity contribution in [3.8, 4) is 5.69 Å². The molecule has 0 bridgehead atoms. The largest absolute Gasteiger partial charge is 0.309 e. The molecule has 0 spiro atoms. The fourth-order valence-corrected chi connectivity index (χ4v) is 6.90. The molecule has 1 aliphatic rings. The molecule has 0 N–H and O–H groups in total. The second kappa shape index (κ2) is 7.93. The van der Waals surface area contributed by atoms with Crippen molar-refractivity contribution in [2.45, 2.75) is 12.8 Å². The van der Waals surface area contributed by atoms with Crippen LogP contribution in [0.2, 0.25) is 0 Å². The molecule has 0 fully saturated rings. The third kappa shape index (κ3) is 2.81. The van der Waals surface area contributed by atoms with Gasteiger partial charge in [-0.3, -0.25) is 9.20 Å². The van der Waals surface area contributed by atoms with Crippen LogP contribution in [0.4, 0.5) is 0 Å². The minimum Gasteiger partial charge on any atom is -0.309 e. The Labute approximate surface area is 229 Å². The highest BCUT2D eigenvalue weighted by atomic mass is 16.1. The summed E-state index contributed by atoms with van der Waals surface area (Å²) < 4.78 is 4.28. The van der Waals surface area contributed by atoms with E-state index in [4.69, 9.17) is 0 Å². The number of rotatable bonds is 2. The van der Waals surface area contributed by atoms with Gasteiger partial charge in [0, 0.05) is 38.0 Å². The van der Waals surface area contributed by atoms with E-state index in [9.17, 15) is 4.79 Å². The van der Waals surface area contributed by atoms with E-state index >= 15 is 0 Å². The number of para-hydroxylation sites is 2. The van der Waals surface area contributed by atoms with Crippen molar-refractivity contribution in [3.63, 3.8) is 0 Å². The normalized spacial score (nSPS) is 13.9. The molecule has 3 heterocycles.